The van der Waals surface area contributed by atoms with Gasteiger partial charge in [-0.25, -0.2) is 15.0 Å². The van der Waals surface area contributed by atoms with E-state index < -0.39 is 0 Å². The predicted octanol–water partition coefficient (Wildman–Crippen LogP) is 8.98. The summed E-state index contributed by atoms with van der Waals surface area (Å²) in [4.78, 5) is 15.0. The Hall–Kier alpha value is -6.07. The molecule has 0 amide bonds. The van der Waals surface area contributed by atoms with Crippen molar-refractivity contribution in [3.63, 3.8) is 0 Å². The quantitative estimate of drug-likeness (QED) is 0.227. The minimum Gasteiger partial charge on any atom is -0.344 e. The molecule has 0 spiro atoms. The first-order valence-electron chi connectivity index (χ1n) is 15.2. The molecule has 6 aromatic carbocycles. The van der Waals surface area contributed by atoms with Gasteiger partial charge in [0.1, 0.15) is 17.8 Å². The highest BCUT2D eigenvalue weighted by atomic mass is 15.2. The molecule has 5 heteroatoms. The number of nitrogens with one attached hydrogen (secondary N) is 1. The Balaban J connectivity index is 1.20. The number of hydrogen-bond acceptors (Lipinski definition) is 4. The van der Waals surface area contributed by atoms with Gasteiger partial charge in [0.05, 0.1) is 11.0 Å². The molecule has 0 fully saturated rings. The van der Waals surface area contributed by atoms with Crippen LogP contribution in [0.5, 0.6) is 0 Å². The minimum absolute atomic E-state index is 0.333. The second kappa shape index (κ2) is 10.3. The number of fused-ring (bicyclic) bond motifs is 7. The van der Waals surface area contributed by atoms with Gasteiger partial charge in [-0.2, -0.15) is 0 Å². The van der Waals surface area contributed by atoms with Gasteiger partial charge in [-0.3, -0.25) is 4.57 Å². The maximum absolute atomic E-state index is 5.07. The van der Waals surface area contributed by atoms with Crippen LogP contribution in [0.2, 0.25) is 0 Å². The number of nitrogens with zero attached hydrogens (tertiary/aromatic N) is 4. The van der Waals surface area contributed by atoms with Crippen LogP contribution in [0.3, 0.4) is 0 Å². The molecule has 8 aromatic rings. The molecule has 0 bridgehead atoms. The third-order valence-electron chi connectivity index (χ3n) is 8.68. The van der Waals surface area contributed by atoms with Gasteiger partial charge >= 0.3 is 0 Å². The first kappa shape index (κ1) is 25.4. The second-order valence-electron chi connectivity index (χ2n) is 11.3. The average molecular weight is 578 g/mol. The van der Waals surface area contributed by atoms with Gasteiger partial charge in [-0.05, 0) is 45.8 Å². The average Bonchev–Trinajstić information content (AvgIpc) is 3.48. The Kier molecular flexibility index (Phi) is 5.81. The van der Waals surface area contributed by atoms with Crippen LogP contribution in [-0.2, 0) is 0 Å². The zero-order chi connectivity index (χ0) is 29.7. The Morgan fingerprint density at radius 3 is 1.71 bits per heavy atom. The summed E-state index contributed by atoms with van der Waals surface area (Å²) >= 11 is 0. The van der Waals surface area contributed by atoms with Gasteiger partial charge in [-0.1, -0.05) is 121 Å². The summed E-state index contributed by atoms with van der Waals surface area (Å²) in [5.74, 6) is 2.35. The highest BCUT2D eigenvalue weighted by Gasteiger charge is 2.22. The first-order valence-corrected chi connectivity index (χ1v) is 15.2. The molecule has 0 aliphatic carbocycles. The maximum atomic E-state index is 5.07. The molecule has 3 heterocycles. The van der Waals surface area contributed by atoms with Crippen molar-refractivity contribution >= 4 is 55.0 Å². The van der Waals surface area contributed by atoms with Crippen molar-refractivity contribution in [3.05, 3.63) is 168 Å². The number of amidine groups is 2. The van der Waals surface area contributed by atoms with E-state index in [1.807, 2.05) is 54.7 Å². The maximum Gasteiger partial charge on any atom is 0.159 e. The molecule has 45 heavy (non-hydrogen) atoms. The van der Waals surface area contributed by atoms with Crippen LogP contribution in [-0.4, -0.2) is 21.2 Å². The summed E-state index contributed by atoms with van der Waals surface area (Å²) in [6.45, 7) is 0. The van der Waals surface area contributed by atoms with Crippen molar-refractivity contribution in [2.75, 3.05) is 0 Å². The number of aromatic nitrogens is 2. The Morgan fingerprint density at radius 2 is 1.11 bits per heavy atom. The molecule has 1 N–H and O–H groups in total. The number of rotatable bonds is 4. The first-order chi connectivity index (χ1) is 22.3. The van der Waals surface area contributed by atoms with Gasteiger partial charge in [0.15, 0.2) is 5.84 Å². The highest BCUT2D eigenvalue weighted by molar-refractivity contribution is 6.28. The van der Waals surface area contributed by atoms with E-state index in [9.17, 15) is 0 Å². The highest BCUT2D eigenvalue weighted by Crippen LogP contribution is 2.40. The van der Waals surface area contributed by atoms with E-state index in [-0.39, 0.29) is 6.17 Å². The van der Waals surface area contributed by atoms with Crippen LogP contribution < -0.4 is 5.32 Å². The van der Waals surface area contributed by atoms with Crippen molar-refractivity contribution in [2.24, 2.45) is 9.98 Å². The summed E-state index contributed by atoms with van der Waals surface area (Å²) in [6, 6.07) is 50.7. The third kappa shape index (κ3) is 4.20. The number of aliphatic imine (C=N–C) groups is 2. The lowest BCUT2D eigenvalue weighted by Gasteiger charge is -2.23. The number of benzene rings is 6. The number of pyridine rings is 1. The Morgan fingerprint density at radius 1 is 0.533 bits per heavy atom. The summed E-state index contributed by atoms with van der Waals surface area (Å²) in [7, 11) is 0. The molecule has 1 aliphatic heterocycles. The fourth-order valence-corrected chi connectivity index (χ4v) is 6.57. The molecule has 1 aliphatic rings. The molecule has 0 radical (unpaired) electrons. The van der Waals surface area contributed by atoms with Crippen molar-refractivity contribution in [1.29, 1.82) is 0 Å². The monoisotopic (exact) mass is 577 g/mol. The van der Waals surface area contributed by atoms with Gasteiger partial charge in [0.2, 0.25) is 0 Å². The van der Waals surface area contributed by atoms with Gasteiger partial charge < -0.3 is 5.32 Å². The van der Waals surface area contributed by atoms with E-state index in [4.69, 9.17) is 15.0 Å². The Labute approximate surface area is 259 Å². The molecule has 0 saturated heterocycles. The molecule has 9 rings (SSSR count). The van der Waals surface area contributed by atoms with E-state index in [0.29, 0.717) is 5.84 Å². The predicted molar refractivity (Wildman–Crippen MR) is 185 cm³/mol. The zero-order valence-corrected chi connectivity index (χ0v) is 24.3. The minimum atomic E-state index is -0.333. The van der Waals surface area contributed by atoms with Gasteiger partial charge in [0, 0.05) is 33.7 Å². The van der Waals surface area contributed by atoms with Crippen LogP contribution in [0, 0.1) is 0 Å². The molecule has 2 aromatic heterocycles. The Bertz CT molecular complexity index is 2350. The lowest BCUT2D eigenvalue weighted by atomic mass is 10.00. The molecule has 0 saturated carbocycles. The molecule has 212 valence electrons. The molecule has 5 nitrogen and oxygen atoms in total. The molecule has 1 unspecified atom stereocenters. The standard InChI is InChI=1S/C40H27N5/c1-3-13-28(14-4-1)38-42-39(29-15-5-2-6-16-29)44-40(43-38)30-21-24-35(41-25-30)45-33-22-19-26-11-7-9-17-31(26)36(33)37-32-18-10-8-12-27(32)20-23-34(37)45/h1-25,40H,(H,42,43,44). The van der Waals surface area contributed by atoms with Crippen LogP contribution in [0.4, 0.5) is 0 Å². The fourth-order valence-electron chi connectivity index (χ4n) is 6.57. The van der Waals surface area contributed by atoms with Gasteiger partial charge in [-0.15, -0.1) is 0 Å². The van der Waals surface area contributed by atoms with E-state index in [1.54, 1.807) is 0 Å². The lowest BCUT2D eigenvalue weighted by molar-refractivity contribution is 0.670. The smallest absolute Gasteiger partial charge is 0.159 e. The van der Waals surface area contributed by atoms with Crippen LogP contribution in [0.1, 0.15) is 22.9 Å². The van der Waals surface area contributed by atoms with E-state index in [2.05, 4.69) is 107 Å². The van der Waals surface area contributed by atoms with E-state index >= 15 is 0 Å². The lowest BCUT2D eigenvalue weighted by Crippen LogP contribution is -2.33. The van der Waals surface area contributed by atoms with Crippen LogP contribution >= 0.6 is 0 Å². The largest absolute Gasteiger partial charge is 0.344 e. The third-order valence-corrected chi connectivity index (χ3v) is 8.68. The van der Waals surface area contributed by atoms with Crippen molar-refractivity contribution < 1.29 is 0 Å². The van der Waals surface area contributed by atoms with Crippen molar-refractivity contribution in [1.82, 2.24) is 14.9 Å². The molecule has 1 atom stereocenters. The van der Waals surface area contributed by atoms with E-state index in [0.717, 1.165) is 39.4 Å². The van der Waals surface area contributed by atoms with Crippen LogP contribution in [0.15, 0.2) is 162 Å². The zero-order valence-electron chi connectivity index (χ0n) is 24.3. The summed E-state index contributed by atoms with van der Waals surface area (Å²) < 4.78 is 2.29. The van der Waals surface area contributed by atoms with Crippen molar-refractivity contribution in [2.45, 2.75) is 6.17 Å². The topological polar surface area (TPSA) is 54.6 Å². The molecular weight excluding hydrogens is 550 g/mol. The summed E-state index contributed by atoms with van der Waals surface area (Å²) in [5.41, 5.74) is 5.23. The normalized spacial score (nSPS) is 14.9. The fraction of sp³-hybridized carbons (Fsp3) is 0.0250. The van der Waals surface area contributed by atoms with Crippen LogP contribution in [0.25, 0.3) is 49.2 Å². The SMILES string of the molecule is c1ccc(C2=NC(c3ccc(-n4c5ccc6ccccc6c5c5c6ccccc6ccc54)nc3)NC(c3ccccc3)=N2)cc1. The molecular formula is C40H27N5. The summed E-state index contributed by atoms with van der Waals surface area (Å²) in [5, 5.41) is 11.0. The number of hydrogen-bond donors (Lipinski definition) is 1. The van der Waals surface area contributed by atoms with Crippen molar-refractivity contribution in [3.8, 4) is 5.82 Å². The van der Waals surface area contributed by atoms with E-state index in [1.165, 1.54) is 32.3 Å². The van der Waals surface area contributed by atoms with Gasteiger partial charge in [0.25, 0.3) is 0 Å². The second-order valence-corrected chi connectivity index (χ2v) is 11.3. The summed E-state index contributed by atoms with van der Waals surface area (Å²) in [6.07, 6.45) is 1.60.